The van der Waals surface area contributed by atoms with E-state index in [2.05, 4.69) is 0 Å². The topological polar surface area (TPSA) is 34.1 Å². The van der Waals surface area contributed by atoms with Crippen LogP contribution in [0.25, 0.3) is 0 Å². The average Bonchev–Trinajstić information content (AvgIpc) is 3.06. The Morgan fingerprint density at radius 2 is 0.561 bits per heavy atom. The maximum atomic E-state index is 15.3. The second kappa shape index (κ2) is 11.9. The van der Waals surface area contributed by atoms with Gasteiger partial charge in [-0.15, -0.1) is 0 Å². The molecule has 0 aliphatic rings. The molecule has 0 N–H and O–H groups in total. The van der Waals surface area contributed by atoms with Gasteiger partial charge in [-0.3, -0.25) is 0 Å². The van der Waals surface area contributed by atoms with Crippen LogP contribution in [0.1, 0.15) is 0 Å². The molecule has 0 saturated carbocycles. The molecule has 5 heteroatoms. The summed E-state index contributed by atoms with van der Waals surface area (Å²) in [6, 6.07) is 54.7. The molecule has 0 radical (unpaired) electrons. The summed E-state index contributed by atoms with van der Waals surface area (Å²) < 4.78 is 30.6. The van der Waals surface area contributed by atoms with Crippen molar-refractivity contribution >= 4 is 57.9 Å². The largest absolute Gasteiger partial charge is 0.309 e. The van der Waals surface area contributed by atoms with E-state index in [1.807, 2.05) is 170 Å². The lowest BCUT2D eigenvalue weighted by atomic mass is 10.3. The Kier molecular flexibility index (Phi) is 7.95. The van der Waals surface area contributed by atoms with Crippen molar-refractivity contribution in [3.8, 4) is 0 Å². The van der Waals surface area contributed by atoms with Gasteiger partial charge in [-0.25, -0.2) is 0 Å². The van der Waals surface area contributed by atoms with Gasteiger partial charge in [-0.05, 0) is 24.3 Å². The number of benzene rings is 6. The molecule has 0 amide bonds. The van der Waals surface area contributed by atoms with Crippen molar-refractivity contribution in [2.75, 3.05) is 0 Å². The normalized spacial score (nSPS) is 11.7. The molecule has 6 rings (SSSR count). The fourth-order valence-electron chi connectivity index (χ4n) is 5.13. The van der Waals surface area contributed by atoms with Gasteiger partial charge < -0.3 is 9.13 Å². The van der Waals surface area contributed by atoms with Gasteiger partial charge >= 0.3 is 0 Å². The van der Waals surface area contributed by atoms with Crippen molar-refractivity contribution < 1.29 is 9.13 Å². The molecule has 200 valence electrons. The summed E-state index contributed by atoms with van der Waals surface area (Å²) >= 11 is 1.53. The summed E-state index contributed by atoms with van der Waals surface area (Å²) in [5, 5.41) is 4.68. The number of hydrogen-bond donors (Lipinski definition) is 0. The molecule has 0 atom stereocenters. The molecule has 0 saturated heterocycles. The molecule has 2 nitrogen and oxygen atoms in total. The van der Waals surface area contributed by atoms with Gasteiger partial charge in [0.15, 0.2) is 14.3 Å². The predicted octanol–water partition coefficient (Wildman–Crippen LogP) is 7.12. The van der Waals surface area contributed by atoms with Crippen LogP contribution in [0.5, 0.6) is 0 Å². The SMILES string of the molecule is O=P(c1ccccc1)(c1ccccc1)c1ccccc1Sc1ccccc1P(=O)(c1ccccc1)c1ccccc1. The minimum Gasteiger partial charge on any atom is -0.309 e. The lowest BCUT2D eigenvalue weighted by Gasteiger charge is -2.24. The Hall–Kier alpha value is -3.87. The minimum atomic E-state index is -3.21. The zero-order valence-corrected chi connectivity index (χ0v) is 24.9. The van der Waals surface area contributed by atoms with Gasteiger partial charge in [0.05, 0.1) is 0 Å². The molecular formula is C36H28O2P2S. The molecule has 0 aliphatic heterocycles. The standard InChI is InChI=1S/C36H28O2P2S/c37-39(29-17-5-1-6-18-29,30-19-7-2-8-20-30)33-25-13-15-27-35(33)41-36-28-16-14-26-34(36)40(38,31-21-9-3-10-22-31)32-23-11-4-12-24-32/h1-28H. The van der Waals surface area contributed by atoms with Crippen LogP contribution < -0.4 is 31.8 Å². The first kappa shape index (κ1) is 27.3. The third-order valence-electron chi connectivity index (χ3n) is 7.11. The zero-order chi connectivity index (χ0) is 28.1. The molecule has 6 aromatic carbocycles. The maximum Gasteiger partial charge on any atom is 0.172 e. The Bertz CT molecular complexity index is 1630. The third-order valence-corrected chi connectivity index (χ3v) is 14.8. The molecular weight excluding hydrogens is 558 g/mol. The highest BCUT2D eigenvalue weighted by Gasteiger charge is 2.34. The molecule has 0 spiro atoms. The van der Waals surface area contributed by atoms with Crippen molar-refractivity contribution in [2.45, 2.75) is 9.79 Å². The molecule has 0 unspecified atom stereocenters. The Morgan fingerprint density at radius 3 is 0.854 bits per heavy atom. The lowest BCUT2D eigenvalue weighted by molar-refractivity contribution is 0.591. The van der Waals surface area contributed by atoms with E-state index in [1.54, 1.807) is 0 Å². The minimum absolute atomic E-state index is 0.770. The van der Waals surface area contributed by atoms with E-state index in [-0.39, 0.29) is 0 Å². The molecule has 0 fully saturated rings. The summed E-state index contributed by atoms with van der Waals surface area (Å²) in [5.74, 6) is 0. The van der Waals surface area contributed by atoms with Crippen molar-refractivity contribution in [3.63, 3.8) is 0 Å². The Labute approximate surface area is 245 Å². The van der Waals surface area contributed by atoms with Gasteiger partial charge in [0.25, 0.3) is 0 Å². The number of rotatable bonds is 8. The van der Waals surface area contributed by atoms with Crippen LogP contribution in [0.3, 0.4) is 0 Å². The summed E-state index contributed by atoms with van der Waals surface area (Å²) in [5.41, 5.74) is 0. The molecule has 0 heterocycles. The lowest BCUT2D eigenvalue weighted by Crippen LogP contribution is -2.27. The van der Waals surface area contributed by atoms with Crippen LogP contribution in [-0.4, -0.2) is 0 Å². The first-order chi connectivity index (χ1) is 20.1. The Morgan fingerprint density at radius 1 is 0.317 bits per heavy atom. The van der Waals surface area contributed by atoms with E-state index in [1.165, 1.54) is 11.8 Å². The van der Waals surface area contributed by atoms with Crippen molar-refractivity contribution in [1.82, 2.24) is 0 Å². The van der Waals surface area contributed by atoms with E-state index in [0.717, 1.165) is 41.6 Å². The summed E-state index contributed by atoms with van der Waals surface area (Å²) in [4.78, 5) is 1.76. The highest BCUT2D eigenvalue weighted by atomic mass is 32.2. The van der Waals surface area contributed by atoms with E-state index >= 15 is 9.13 Å². The zero-order valence-electron chi connectivity index (χ0n) is 22.3. The first-order valence-corrected chi connectivity index (χ1v) is 17.6. The molecule has 6 aromatic rings. The second-order valence-electron chi connectivity index (χ2n) is 9.60. The first-order valence-electron chi connectivity index (χ1n) is 13.4. The quantitative estimate of drug-likeness (QED) is 0.178. The van der Waals surface area contributed by atoms with Gasteiger partial charge in [-0.1, -0.05) is 157 Å². The van der Waals surface area contributed by atoms with Crippen LogP contribution in [0.2, 0.25) is 0 Å². The van der Waals surface area contributed by atoms with Crippen LogP contribution in [0, 0.1) is 0 Å². The number of hydrogen-bond acceptors (Lipinski definition) is 3. The van der Waals surface area contributed by atoms with Crippen molar-refractivity contribution in [2.24, 2.45) is 0 Å². The summed E-state index contributed by atoms with van der Waals surface area (Å²) in [7, 11) is -6.43. The van der Waals surface area contributed by atoms with Crippen molar-refractivity contribution in [1.29, 1.82) is 0 Å². The maximum absolute atomic E-state index is 15.3. The van der Waals surface area contributed by atoms with Gasteiger partial charge in [0.1, 0.15) is 0 Å². The predicted molar refractivity (Wildman–Crippen MR) is 176 cm³/mol. The smallest absolute Gasteiger partial charge is 0.172 e. The van der Waals surface area contributed by atoms with E-state index in [4.69, 9.17) is 0 Å². The monoisotopic (exact) mass is 586 g/mol. The highest BCUT2D eigenvalue weighted by Crippen LogP contribution is 2.49. The molecule has 0 aromatic heterocycles. The summed E-state index contributed by atoms with van der Waals surface area (Å²) in [6.45, 7) is 0. The fraction of sp³-hybridized carbons (Fsp3) is 0. The van der Waals surface area contributed by atoms with E-state index < -0.39 is 14.3 Å². The van der Waals surface area contributed by atoms with E-state index in [9.17, 15) is 0 Å². The van der Waals surface area contributed by atoms with Crippen LogP contribution >= 0.6 is 26.0 Å². The van der Waals surface area contributed by atoms with Gasteiger partial charge in [0, 0.05) is 41.6 Å². The molecule has 41 heavy (non-hydrogen) atoms. The average molecular weight is 587 g/mol. The van der Waals surface area contributed by atoms with E-state index in [0.29, 0.717) is 0 Å². The fourth-order valence-corrected chi connectivity index (χ4v) is 12.5. The van der Waals surface area contributed by atoms with Gasteiger partial charge in [-0.2, -0.15) is 0 Å². The second-order valence-corrected chi connectivity index (χ2v) is 16.1. The highest BCUT2D eigenvalue weighted by molar-refractivity contribution is 8.01. The van der Waals surface area contributed by atoms with Crippen LogP contribution in [0.15, 0.2) is 180 Å². The molecule has 0 aliphatic carbocycles. The van der Waals surface area contributed by atoms with Crippen molar-refractivity contribution in [3.05, 3.63) is 170 Å². The van der Waals surface area contributed by atoms with Crippen LogP contribution in [-0.2, 0) is 9.13 Å². The molecule has 0 bridgehead atoms. The summed E-state index contributed by atoms with van der Waals surface area (Å²) in [6.07, 6.45) is 0. The Balaban J connectivity index is 1.54. The van der Waals surface area contributed by atoms with Crippen LogP contribution in [0.4, 0.5) is 0 Å². The third kappa shape index (κ3) is 5.18. The van der Waals surface area contributed by atoms with Gasteiger partial charge in [0.2, 0.25) is 0 Å².